The Hall–Kier alpha value is -1.86. The predicted molar refractivity (Wildman–Crippen MR) is 98.7 cm³/mol. The molecule has 24 heavy (non-hydrogen) atoms. The lowest BCUT2D eigenvalue weighted by Crippen LogP contribution is -2.20. The van der Waals surface area contributed by atoms with Crippen molar-refractivity contribution in [2.45, 2.75) is 38.0 Å². The summed E-state index contributed by atoms with van der Waals surface area (Å²) >= 11 is 5.99. The summed E-state index contributed by atoms with van der Waals surface area (Å²) in [4.78, 5) is 12.4. The van der Waals surface area contributed by atoms with Gasteiger partial charge in [0.15, 0.2) is 5.78 Å². The molecule has 0 spiro atoms. The van der Waals surface area contributed by atoms with Gasteiger partial charge in [0.2, 0.25) is 0 Å². The Kier molecular flexibility index (Phi) is 4.28. The van der Waals surface area contributed by atoms with E-state index in [2.05, 4.69) is 18.2 Å². The molecule has 1 fully saturated rings. The van der Waals surface area contributed by atoms with Crippen LogP contribution < -0.4 is 0 Å². The molecule has 0 heterocycles. The lowest BCUT2D eigenvalue weighted by molar-refractivity contribution is 0.104. The third kappa shape index (κ3) is 3.06. The maximum atomic E-state index is 12.4. The van der Waals surface area contributed by atoms with Crippen molar-refractivity contribution < 1.29 is 4.79 Å². The van der Waals surface area contributed by atoms with Crippen LogP contribution in [-0.4, -0.2) is 5.78 Å². The second-order valence-corrected chi connectivity index (χ2v) is 7.45. The highest BCUT2D eigenvalue weighted by molar-refractivity contribution is 6.30. The number of hydrogen-bond acceptors (Lipinski definition) is 1. The number of benzene rings is 2. The van der Waals surface area contributed by atoms with Crippen molar-refractivity contribution in [3.8, 4) is 0 Å². The second kappa shape index (κ2) is 6.57. The predicted octanol–water partition coefficient (Wildman–Crippen LogP) is 5.98. The van der Waals surface area contributed by atoms with Crippen molar-refractivity contribution >= 4 is 17.4 Å². The molecule has 122 valence electrons. The molecule has 0 bridgehead atoms. The normalized spacial score (nSPS) is 23.5. The number of ketones is 1. The molecule has 2 aromatic carbocycles. The molecule has 4 rings (SSSR count). The molecule has 0 aromatic heterocycles. The van der Waals surface area contributed by atoms with Crippen molar-refractivity contribution in [1.29, 1.82) is 0 Å². The van der Waals surface area contributed by atoms with Crippen molar-refractivity contribution in [2.24, 2.45) is 5.92 Å². The zero-order chi connectivity index (χ0) is 16.5. The first-order chi connectivity index (χ1) is 11.7. The summed E-state index contributed by atoms with van der Waals surface area (Å²) in [5, 5.41) is 0.803. The summed E-state index contributed by atoms with van der Waals surface area (Å²) in [5.74, 6) is 1.38. The van der Waals surface area contributed by atoms with E-state index in [1.54, 1.807) is 0 Å². The fraction of sp³-hybridized carbons (Fsp3) is 0.318. The Balaban J connectivity index is 1.45. The number of rotatable bonds is 2. The molecule has 2 aliphatic rings. The zero-order valence-corrected chi connectivity index (χ0v) is 14.4. The average Bonchev–Trinajstić information content (AvgIpc) is 2.62. The number of allylic oxidation sites excluding steroid dienone is 2. The topological polar surface area (TPSA) is 17.1 Å². The second-order valence-electron chi connectivity index (χ2n) is 7.02. The van der Waals surface area contributed by atoms with Gasteiger partial charge in [-0.05, 0) is 73.3 Å². The average molecular weight is 337 g/mol. The third-order valence-corrected chi connectivity index (χ3v) is 5.84. The first kappa shape index (κ1) is 15.7. The van der Waals surface area contributed by atoms with Crippen molar-refractivity contribution in [3.63, 3.8) is 0 Å². The molecular weight excluding hydrogens is 316 g/mol. The first-order valence-corrected chi connectivity index (χ1v) is 9.16. The summed E-state index contributed by atoms with van der Waals surface area (Å²) in [7, 11) is 0. The fourth-order valence-corrected chi connectivity index (χ4v) is 4.35. The van der Waals surface area contributed by atoms with Gasteiger partial charge in [-0.2, -0.15) is 0 Å². The Morgan fingerprint density at radius 3 is 2.25 bits per heavy atom. The Morgan fingerprint density at radius 2 is 1.50 bits per heavy atom. The molecule has 1 nitrogen and oxygen atoms in total. The van der Waals surface area contributed by atoms with Gasteiger partial charge in [0, 0.05) is 10.6 Å². The van der Waals surface area contributed by atoms with Gasteiger partial charge < -0.3 is 0 Å². The smallest absolute Gasteiger partial charge is 0.186 e. The van der Waals surface area contributed by atoms with E-state index in [9.17, 15) is 4.79 Å². The van der Waals surface area contributed by atoms with Crippen molar-refractivity contribution in [2.75, 3.05) is 0 Å². The van der Waals surface area contributed by atoms with Crippen LogP contribution in [0.4, 0.5) is 0 Å². The first-order valence-electron chi connectivity index (χ1n) is 8.79. The van der Waals surface area contributed by atoms with E-state index in [1.807, 2.05) is 36.4 Å². The van der Waals surface area contributed by atoms with Crippen LogP contribution in [-0.2, 0) is 6.42 Å². The van der Waals surface area contributed by atoms with E-state index >= 15 is 0 Å². The van der Waals surface area contributed by atoms with E-state index in [0.717, 1.165) is 17.0 Å². The lowest BCUT2D eigenvalue weighted by atomic mass is 9.73. The maximum absolute atomic E-state index is 12.4. The van der Waals surface area contributed by atoms with Crippen LogP contribution in [0, 0.1) is 5.92 Å². The lowest BCUT2D eigenvalue weighted by Gasteiger charge is -2.32. The standard InChI is InChI=1S/C22H21ClO/c23-20-11-9-16(10-12-20)15-5-7-17(8-6-15)19-13-18-3-1-2-4-21(18)22(24)14-19/h1-4,9-12,14-15,17H,5-8,13H2. The molecule has 0 radical (unpaired) electrons. The monoisotopic (exact) mass is 336 g/mol. The van der Waals surface area contributed by atoms with E-state index in [-0.39, 0.29) is 5.78 Å². The van der Waals surface area contributed by atoms with Crippen molar-refractivity contribution in [1.82, 2.24) is 0 Å². The summed E-state index contributed by atoms with van der Waals surface area (Å²) in [6.07, 6.45) is 7.59. The van der Waals surface area contributed by atoms with Gasteiger partial charge in [0.1, 0.15) is 0 Å². The molecule has 0 unspecified atom stereocenters. The minimum Gasteiger partial charge on any atom is -0.289 e. The van der Waals surface area contributed by atoms with E-state index in [0.29, 0.717) is 11.8 Å². The van der Waals surface area contributed by atoms with Crippen LogP contribution in [0.15, 0.2) is 60.2 Å². The molecule has 0 atom stereocenters. The highest BCUT2D eigenvalue weighted by Gasteiger charge is 2.27. The molecule has 2 aromatic rings. The molecule has 2 heteroatoms. The SMILES string of the molecule is O=C1C=C(C2CCC(c3ccc(Cl)cc3)CC2)Cc2ccccc21. The molecule has 0 saturated heterocycles. The Labute approximate surface area is 148 Å². The summed E-state index contributed by atoms with van der Waals surface area (Å²) < 4.78 is 0. The quantitative estimate of drug-likeness (QED) is 0.659. The van der Waals surface area contributed by atoms with Crippen LogP contribution in [0.5, 0.6) is 0 Å². The maximum Gasteiger partial charge on any atom is 0.186 e. The highest BCUT2D eigenvalue weighted by atomic mass is 35.5. The van der Waals surface area contributed by atoms with Crippen LogP contribution in [0.3, 0.4) is 0 Å². The summed E-state index contributed by atoms with van der Waals surface area (Å²) in [6.45, 7) is 0. The fourth-order valence-electron chi connectivity index (χ4n) is 4.23. The number of fused-ring (bicyclic) bond motifs is 1. The highest BCUT2D eigenvalue weighted by Crippen LogP contribution is 2.40. The van der Waals surface area contributed by atoms with E-state index in [4.69, 9.17) is 11.6 Å². The van der Waals surface area contributed by atoms with Gasteiger partial charge in [-0.3, -0.25) is 4.79 Å². The van der Waals surface area contributed by atoms with Gasteiger partial charge in [0.05, 0.1) is 0 Å². The van der Waals surface area contributed by atoms with Gasteiger partial charge in [-0.15, -0.1) is 0 Å². The van der Waals surface area contributed by atoms with Gasteiger partial charge in [-0.1, -0.05) is 53.6 Å². The molecule has 2 aliphatic carbocycles. The van der Waals surface area contributed by atoms with Gasteiger partial charge >= 0.3 is 0 Å². The summed E-state index contributed by atoms with van der Waals surface area (Å²) in [5.41, 5.74) is 4.82. The number of halogens is 1. The third-order valence-electron chi connectivity index (χ3n) is 5.59. The minimum atomic E-state index is 0.187. The largest absolute Gasteiger partial charge is 0.289 e. The Bertz CT molecular complexity index is 780. The molecule has 0 amide bonds. The van der Waals surface area contributed by atoms with E-state index < -0.39 is 0 Å². The molecular formula is C22H21ClO. The Morgan fingerprint density at radius 1 is 0.833 bits per heavy atom. The van der Waals surface area contributed by atoms with Gasteiger partial charge in [0.25, 0.3) is 0 Å². The van der Waals surface area contributed by atoms with Crippen LogP contribution in [0.2, 0.25) is 5.02 Å². The number of carbonyl (C=O) groups excluding carboxylic acids is 1. The number of carbonyl (C=O) groups is 1. The zero-order valence-electron chi connectivity index (χ0n) is 13.7. The summed E-state index contributed by atoms with van der Waals surface area (Å²) in [6, 6.07) is 16.3. The molecule has 1 saturated carbocycles. The van der Waals surface area contributed by atoms with Crippen LogP contribution in [0.25, 0.3) is 0 Å². The molecule has 0 N–H and O–H groups in total. The van der Waals surface area contributed by atoms with Crippen LogP contribution in [0.1, 0.15) is 53.1 Å². The molecule has 0 aliphatic heterocycles. The number of hydrogen-bond donors (Lipinski definition) is 0. The van der Waals surface area contributed by atoms with E-state index in [1.165, 1.54) is 42.4 Å². The van der Waals surface area contributed by atoms with Crippen molar-refractivity contribution in [3.05, 3.63) is 81.9 Å². The van der Waals surface area contributed by atoms with Crippen LogP contribution >= 0.6 is 11.6 Å². The van der Waals surface area contributed by atoms with Gasteiger partial charge in [-0.25, -0.2) is 0 Å². The minimum absolute atomic E-state index is 0.187.